The van der Waals surface area contributed by atoms with Gasteiger partial charge in [-0.1, -0.05) is 29.8 Å². The summed E-state index contributed by atoms with van der Waals surface area (Å²) in [5.74, 6) is 0.990. The molecule has 4 heterocycles. The Morgan fingerprint density at radius 2 is 2.00 bits per heavy atom. The molecule has 1 saturated heterocycles. The van der Waals surface area contributed by atoms with E-state index in [0.717, 1.165) is 47.2 Å². The van der Waals surface area contributed by atoms with Crippen LogP contribution in [-0.2, 0) is 11.3 Å². The second-order valence-electron chi connectivity index (χ2n) is 7.48. The van der Waals surface area contributed by atoms with E-state index in [1.807, 2.05) is 22.9 Å². The third kappa shape index (κ3) is 4.29. The van der Waals surface area contributed by atoms with Crippen molar-refractivity contribution < 1.29 is 4.74 Å². The molecule has 0 aliphatic carbocycles. The number of anilines is 1. The zero-order valence-corrected chi connectivity index (χ0v) is 17.3. The van der Waals surface area contributed by atoms with Crippen LogP contribution >= 0.6 is 0 Å². The van der Waals surface area contributed by atoms with Crippen molar-refractivity contribution in [2.75, 3.05) is 31.2 Å². The van der Waals surface area contributed by atoms with Gasteiger partial charge in [-0.2, -0.15) is 9.61 Å². The van der Waals surface area contributed by atoms with Gasteiger partial charge in [-0.15, -0.1) is 0 Å². The van der Waals surface area contributed by atoms with Gasteiger partial charge in [-0.05, 0) is 12.5 Å². The number of nitrogens with zero attached hydrogens (tertiary/aromatic N) is 7. The molecule has 0 saturated carbocycles. The fourth-order valence-corrected chi connectivity index (χ4v) is 3.66. The maximum absolute atomic E-state index is 5.53. The molecular formula is C23H23N7O. The van der Waals surface area contributed by atoms with Gasteiger partial charge >= 0.3 is 0 Å². The highest BCUT2D eigenvalue weighted by molar-refractivity contribution is 5.79. The standard InChI is InChI=1S/C23H23N7O/c1-17-3-2-4-18(11-17)14-25-15-19-12-23(29-7-9-31-10-8-29)30-22(27-19)13-20(28-30)21-16-24-5-6-26-21/h2-6,11-14,16H,7-10,15H2,1H3. The number of benzene rings is 1. The van der Waals surface area contributed by atoms with Crippen molar-refractivity contribution in [2.45, 2.75) is 13.5 Å². The van der Waals surface area contributed by atoms with Crippen LogP contribution in [0.3, 0.4) is 0 Å². The van der Waals surface area contributed by atoms with Crippen molar-refractivity contribution in [3.05, 3.63) is 71.8 Å². The number of rotatable bonds is 5. The lowest BCUT2D eigenvalue weighted by Crippen LogP contribution is -2.37. The van der Waals surface area contributed by atoms with E-state index in [0.29, 0.717) is 19.8 Å². The summed E-state index contributed by atoms with van der Waals surface area (Å²) < 4.78 is 7.41. The summed E-state index contributed by atoms with van der Waals surface area (Å²) in [6.07, 6.45) is 6.93. The van der Waals surface area contributed by atoms with E-state index < -0.39 is 0 Å². The van der Waals surface area contributed by atoms with Gasteiger partial charge in [0.05, 0.1) is 31.6 Å². The van der Waals surface area contributed by atoms with Gasteiger partial charge in [0.1, 0.15) is 17.2 Å². The Morgan fingerprint density at radius 3 is 2.81 bits per heavy atom. The zero-order chi connectivity index (χ0) is 21.0. The van der Waals surface area contributed by atoms with Crippen molar-refractivity contribution in [3.8, 4) is 11.4 Å². The second kappa shape index (κ2) is 8.61. The van der Waals surface area contributed by atoms with Crippen LogP contribution < -0.4 is 4.90 Å². The summed E-state index contributed by atoms with van der Waals surface area (Å²) in [7, 11) is 0. The molecule has 156 valence electrons. The zero-order valence-electron chi connectivity index (χ0n) is 17.3. The molecule has 4 aromatic rings. The summed E-state index contributed by atoms with van der Waals surface area (Å²) in [5.41, 5.74) is 5.43. The molecule has 1 aliphatic heterocycles. The molecule has 8 heteroatoms. The molecule has 0 spiro atoms. The first-order valence-corrected chi connectivity index (χ1v) is 10.3. The average molecular weight is 413 g/mol. The minimum absolute atomic E-state index is 0.493. The molecule has 8 nitrogen and oxygen atoms in total. The van der Waals surface area contributed by atoms with Crippen LogP contribution in [0.15, 0.2) is 60.0 Å². The quantitative estimate of drug-likeness (QED) is 0.468. The summed E-state index contributed by atoms with van der Waals surface area (Å²) in [6, 6.07) is 12.3. The van der Waals surface area contributed by atoms with E-state index in [4.69, 9.17) is 14.8 Å². The molecular weight excluding hydrogens is 390 g/mol. The molecule has 0 amide bonds. The Hall–Kier alpha value is -3.65. The lowest BCUT2D eigenvalue weighted by atomic mass is 10.1. The monoisotopic (exact) mass is 413 g/mol. The number of aliphatic imine (C=N–C) groups is 1. The van der Waals surface area contributed by atoms with E-state index in [1.165, 1.54) is 5.56 Å². The maximum Gasteiger partial charge on any atom is 0.158 e. The molecule has 0 unspecified atom stereocenters. The van der Waals surface area contributed by atoms with Crippen molar-refractivity contribution >= 4 is 17.7 Å². The molecule has 0 N–H and O–H groups in total. The SMILES string of the molecule is Cc1cccc(C=NCc2cc(N3CCOCC3)n3nc(-c4cnccn4)cc3n2)c1. The lowest BCUT2D eigenvalue weighted by Gasteiger charge is -2.29. The highest BCUT2D eigenvalue weighted by atomic mass is 16.5. The van der Waals surface area contributed by atoms with Crippen molar-refractivity contribution in [1.82, 2.24) is 24.6 Å². The minimum atomic E-state index is 0.493. The molecule has 1 aromatic carbocycles. The van der Waals surface area contributed by atoms with Crippen LogP contribution in [0.1, 0.15) is 16.8 Å². The molecule has 1 aliphatic rings. The molecule has 0 atom stereocenters. The van der Waals surface area contributed by atoms with E-state index in [-0.39, 0.29) is 0 Å². The number of ether oxygens (including phenoxy) is 1. The summed E-state index contributed by atoms with van der Waals surface area (Å²) in [4.78, 5) is 20.2. The Labute approximate surface area is 180 Å². The molecule has 0 bridgehead atoms. The van der Waals surface area contributed by atoms with E-state index in [2.05, 4.69) is 51.0 Å². The van der Waals surface area contributed by atoms with Gasteiger partial charge in [0, 0.05) is 43.8 Å². The van der Waals surface area contributed by atoms with Crippen LogP contribution in [0, 0.1) is 6.92 Å². The normalized spacial score (nSPS) is 14.5. The summed E-state index contributed by atoms with van der Waals surface area (Å²) >= 11 is 0. The third-order valence-corrected chi connectivity index (χ3v) is 5.16. The van der Waals surface area contributed by atoms with Crippen LogP contribution in [0.2, 0.25) is 0 Å². The van der Waals surface area contributed by atoms with Gasteiger partial charge in [-0.25, -0.2) is 4.98 Å². The fraction of sp³-hybridized carbons (Fsp3) is 0.261. The molecule has 5 rings (SSSR count). The predicted octanol–water partition coefficient (Wildman–Crippen LogP) is 2.95. The first-order chi connectivity index (χ1) is 15.3. The van der Waals surface area contributed by atoms with Crippen LogP contribution in [0.4, 0.5) is 5.82 Å². The highest BCUT2D eigenvalue weighted by Crippen LogP contribution is 2.23. The summed E-state index contributed by atoms with van der Waals surface area (Å²) in [5, 5.41) is 4.77. The van der Waals surface area contributed by atoms with Gasteiger partial charge in [0.2, 0.25) is 0 Å². The van der Waals surface area contributed by atoms with Crippen molar-refractivity contribution in [3.63, 3.8) is 0 Å². The second-order valence-corrected chi connectivity index (χ2v) is 7.48. The molecule has 31 heavy (non-hydrogen) atoms. The molecule has 0 radical (unpaired) electrons. The third-order valence-electron chi connectivity index (χ3n) is 5.16. The van der Waals surface area contributed by atoms with Gasteiger partial charge < -0.3 is 9.64 Å². The predicted molar refractivity (Wildman–Crippen MR) is 120 cm³/mol. The van der Waals surface area contributed by atoms with Crippen LogP contribution in [0.5, 0.6) is 0 Å². The van der Waals surface area contributed by atoms with Crippen molar-refractivity contribution in [1.29, 1.82) is 0 Å². The van der Waals surface area contributed by atoms with Gasteiger partial charge in [0.25, 0.3) is 0 Å². The van der Waals surface area contributed by atoms with E-state index in [1.54, 1.807) is 18.6 Å². The number of hydrogen-bond acceptors (Lipinski definition) is 7. The van der Waals surface area contributed by atoms with Crippen LogP contribution in [-0.4, -0.2) is 57.1 Å². The molecule has 1 fully saturated rings. The largest absolute Gasteiger partial charge is 0.378 e. The minimum Gasteiger partial charge on any atom is -0.378 e. The van der Waals surface area contributed by atoms with Gasteiger partial charge in [0.15, 0.2) is 5.65 Å². The van der Waals surface area contributed by atoms with Gasteiger partial charge in [-0.3, -0.25) is 15.0 Å². The van der Waals surface area contributed by atoms with E-state index >= 15 is 0 Å². The summed E-state index contributed by atoms with van der Waals surface area (Å²) in [6.45, 7) is 5.59. The lowest BCUT2D eigenvalue weighted by molar-refractivity contribution is 0.122. The number of fused-ring (bicyclic) bond motifs is 1. The first kappa shape index (κ1) is 19.3. The Balaban J connectivity index is 1.50. The number of hydrogen-bond donors (Lipinski definition) is 0. The average Bonchev–Trinajstić information content (AvgIpc) is 3.24. The Bertz CT molecular complexity index is 1210. The Morgan fingerprint density at radius 1 is 1.10 bits per heavy atom. The topological polar surface area (TPSA) is 80.8 Å². The highest BCUT2D eigenvalue weighted by Gasteiger charge is 2.18. The van der Waals surface area contributed by atoms with E-state index in [9.17, 15) is 0 Å². The number of morpholine rings is 1. The Kier molecular flexibility index (Phi) is 5.37. The molecule has 3 aromatic heterocycles. The van der Waals surface area contributed by atoms with Crippen LogP contribution in [0.25, 0.3) is 17.0 Å². The smallest absolute Gasteiger partial charge is 0.158 e. The number of aromatic nitrogens is 5. The van der Waals surface area contributed by atoms with Crippen molar-refractivity contribution in [2.24, 2.45) is 4.99 Å². The first-order valence-electron chi connectivity index (χ1n) is 10.3. The maximum atomic E-state index is 5.53. The number of aryl methyl sites for hydroxylation is 1. The fourth-order valence-electron chi connectivity index (χ4n) is 3.66.